The van der Waals surface area contributed by atoms with Gasteiger partial charge in [0.15, 0.2) is 5.78 Å². The smallest absolute Gasteiger partial charge is 0.185 e. The van der Waals surface area contributed by atoms with Gasteiger partial charge in [-0.2, -0.15) is 0 Å². The summed E-state index contributed by atoms with van der Waals surface area (Å²) in [6.07, 6.45) is 3.24. The molecule has 0 saturated carbocycles. The predicted molar refractivity (Wildman–Crippen MR) is 82.0 cm³/mol. The average Bonchev–Trinajstić information content (AvgIpc) is 2.46. The fraction of sp³-hybridized carbons (Fsp3) is 0.167. The zero-order valence-corrected chi connectivity index (χ0v) is 12.0. The monoisotopic (exact) mass is 284 g/mol. The molecule has 108 valence electrons. The van der Waals surface area contributed by atoms with E-state index < -0.39 is 0 Å². The van der Waals surface area contributed by atoms with E-state index in [9.17, 15) is 9.18 Å². The van der Waals surface area contributed by atoms with Gasteiger partial charge in [-0.3, -0.25) is 4.79 Å². The third-order valence-electron chi connectivity index (χ3n) is 2.82. The van der Waals surface area contributed by atoms with Gasteiger partial charge in [-0.05, 0) is 56.3 Å². The molecule has 0 unspecified atom stereocenters. The fourth-order valence-electron chi connectivity index (χ4n) is 1.86. The maximum atomic E-state index is 12.8. The van der Waals surface area contributed by atoms with Crippen LogP contribution in [0.4, 0.5) is 4.39 Å². The lowest BCUT2D eigenvalue weighted by molar-refractivity contribution is 0.104. The number of carbonyl (C=O) groups excluding carboxylic acids is 1. The third kappa shape index (κ3) is 4.28. The van der Waals surface area contributed by atoms with Crippen LogP contribution in [0.25, 0.3) is 6.08 Å². The predicted octanol–water partition coefficient (Wildman–Crippen LogP) is 4.51. The number of carbonyl (C=O) groups is 1. The lowest BCUT2D eigenvalue weighted by atomic mass is 10.1. The van der Waals surface area contributed by atoms with Crippen LogP contribution in [-0.2, 0) is 0 Å². The lowest BCUT2D eigenvalue weighted by Crippen LogP contribution is -2.06. The van der Waals surface area contributed by atoms with Gasteiger partial charge in [-0.25, -0.2) is 4.39 Å². The zero-order valence-electron chi connectivity index (χ0n) is 12.0. The molecule has 0 amide bonds. The highest BCUT2D eigenvalue weighted by Crippen LogP contribution is 2.21. The summed E-state index contributed by atoms with van der Waals surface area (Å²) in [4.78, 5) is 12.0. The first kappa shape index (κ1) is 15.0. The third-order valence-corrected chi connectivity index (χ3v) is 2.82. The zero-order chi connectivity index (χ0) is 15.2. The van der Waals surface area contributed by atoms with Crippen molar-refractivity contribution in [3.8, 4) is 5.75 Å². The SMILES string of the molecule is CC(C)Oc1ccccc1/C=C/C(=O)c1ccc(F)cc1. The van der Waals surface area contributed by atoms with Crippen molar-refractivity contribution in [2.45, 2.75) is 20.0 Å². The largest absolute Gasteiger partial charge is 0.490 e. The maximum absolute atomic E-state index is 12.8. The van der Waals surface area contributed by atoms with Crippen LogP contribution in [-0.4, -0.2) is 11.9 Å². The van der Waals surface area contributed by atoms with Crippen LogP contribution in [0.1, 0.15) is 29.8 Å². The molecule has 0 spiro atoms. The van der Waals surface area contributed by atoms with Gasteiger partial charge in [0.1, 0.15) is 11.6 Å². The highest BCUT2D eigenvalue weighted by atomic mass is 19.1. The Balaban J connectivity index is 2.17. The Hall–Kier alpha value is -2.42. The first-order valence-corrected chi connectivity index (χ1v) is 6.80. The van der Waals surface area contributed by atoms with Crippen LogP contribution in [0.2, 0.25) is 0 Å². The quantitative estimate of drug-likeness (QED) is 0.596. The molecule has 2 nitrogen and oxygen atoms in total. The molecule has 0 aliphatic rings. The van der Waals surface area contributed by atoms with E-state index in [0.717, 1.165) is 11.3 Å². The van der Waals surface area contributed by atoms with E-state index in [1.807, 2.05) is 38.1 Å². The molecule has 3 heteroatoms. The van der Waals surface area contributed by atoms with Crippen LogP contribution >= 0.6 is 0 Å². The highest BCUT2D eigenvalue weighted by molar-refractivity contribution is 6.06. The Kier molecular flexibility index (Phi) is 4.88. The molecule has 0 saturated heterocycles. The summed E-state index contributed by atoms with van der Waals surface area (Å²) >= 11 is 0. The molecule has 0 fully saturated rings. The second-order valence-corrected chi connectivity index (χ2v) is 4.91. The number of ketones is 1. The number of benzene rings is 2. The van der Waals surface area contributed by atoms with Crippen LogP contribution in [0.5, 0.6) is 5.75 Å². The van der Waals surface area contributed by atoms with E-state index in [2.05, 4.69) is 0 Å². The molecular weight excluding hydrogens is 267 g/mol. The van der Waals surface area contributed by atoms with Crippen molar-refractivity contribution in [1.29, 1.82) is 0 Å². The molecule has 0 atom stereocenters. The molecule has 21 heavy (non-hydrogen) atoms. The Labute approximate surface area is 123 Å². The molecule has 0 aromatic heterocycles. The van der Waals surface area contributed by atoms with E-state index in [-0.39, 0.29) is 17.7 Å². The number of hydrogen-bond acceptors (Lipinski definition) is 2. The van der Waals surface area contributed by atoms with E-state index >= 15 is 0 Å². The van der Waals surface area contributed by atoms with Gasteiger partial charge in [-0.1, -0.05) is 18.2 Å². The first-order chi connectivity index (χ1) is 10.1. The minimum Gasteiger partial charge on any atom is -0.490 e. The molecule has 0 N–H and O–H groups in total. The van der Waals surface area contributed by atoms with E-state index in [1.54, 1.807) is 6.08 Å². The van der Waals surface area contributed by atoms with Crippen LogP contribution in [0, 0.1) is 5.82 Å². The van der Waals surface area contributed by atoms with E-state index in [4.69, 9.17) is 4.74 Å². The van der Waals surface area contributed by atoms with Crippen molar-refractivity contribution >= 4 is 11.9 Å². The van der Waals surface area contributed by atoms with Crippen molar-refractivity contribution in [3.63, 3.8) is 0 Å². The molecule has 0 aliphatic heterocycles. The summed E-state index contributed by atoms with van der Waals surface area (Å²) in [6, 6.07) is 13.0. The lowest BCUT2D eigenvalue weighted by Gasteiger charge is -2.11. The number of hydrogen-bond donors (Lipinski definition) is 0. The van der Waals surface area contributed by atoms with E-state index in [0.29, 0.717) is 5.56 Å². The van der Waals surface area contributed by atoms with Gasteiger partial charge in [0.25, 0.3) is 0 Å². The number of allylic oxidation sites excluding steroid dienone is 1. The van der Waals surface area contributed by atoms with Crippen LogP contribution < -0.4 is 4.74 Å². The van der Waals surface area contributed by atoms with Gasteiger partial charge in [0.05, 0.1) is 6.10 Å². The van der Waals surface area contributed by atoms with Crippen molar-refractivity contribution in [1.82, 2.24) is 0 Å². The summed E-state index contributed by atoms with van der Waals surface area (Å²) < 4.78 is 18.5. The summed E-state index contributed by atoms with van der Waals surface area (Å²) in [6.45, 7) is 3.90. The van der Waals surface area contributed by atoms with Gasteiger partial charge in [0, 0.05) is 11.1 Å². The van der Waals surface area contributed by atoms with Gasteiger partial charge >= 0.3 is 0 Å². The Morgan fingerprint density at radius 3 is 2.43 bits per heavy atom. The minimum atomic E-state index is -0.355. The van der Waals surface area contributed by atoms with Gasteiger partial charge < -0.3 is 4.74 Å². The second-order valence-electron chi connectivity index (χ2n) is 4.91. The summed E-state index contributed by atoms with van der Waals surface area (Å²) in [5, 5.41) is 0. The fourth-order valence-corrected chi connectivity index (χ4v) is 1.86. The van der Waals surface area contributed by atoms with Crippen molar-refractivity contribution in [2.75, 3.05) is 0 Å². The number of halogens is 1. The van der Waals surface area contributed by atoms with Gasteiger partial charge in [0.2, 0.25) is 0 Å². The standard InChI is InChI=1S/C18H17FO2/c1-13(2)21-18-6-4-3-5-15(18)9-12-17(20)14-7-10-16(19)11-8-14/h3-13H,1-2H3/b12-9+. The summed E-state index contributed by atoms with van der Waals surface area (Å²) in [5.41, 5.74) is 1.29. The van der Waals surface area contributed by atoms with Crippen LogP contribution in [0.3, 0.4) is 0 Å². The summed E-state index contributed by atoms with van der Waals surface area (Å²) in [5.74, 6) is 0.205. The van der Waals surface area contributed by atoms with Crippen molar-refractivity contribution in [2.24, 2.45) is 0 Å². The van der Waals surface area contributed by atoms with Gasteiger partial charge in [-0.15, -0.1) is 0 Å². The highest BCUT2D eigenvalue weighted by Gasteiger charge is 2.04. The molecular formula is C18H17FO2. The molecule has 0 radical (unpaired) electrons. The number of rotatable bonds is 5. The Bertz CT molecular complexity index is 643. The summed E-state index contributed by atoms with van der Waals surface area (Å²) in [7, 11) is 0. The number of ether oxygens (including phenoxy) is 1. The van der Waals surface area contributed by atoms with Crippen LogP contribution in [0.15, 0.2) is 54.6 Å². The Morgan fingerprint density at radius 2 is 1.76 bits per heavy atom. The first-order valence-electron chi connectivity index (χ1n) is 6.80. The topological polar surface area (TPSA) is 26.3 Å². The molecule has 2 rings (SSSR count). The molecule has 0 heterocycles. The molecule has 0 bridgehead atoms. The molecule has 2 aromatic carbocycles. The second kappa shape index (κ2) is 6.84. The normalized spacial score (nSPS) is 11.0. The van der Waals surface area contributed by atoms with E-state index in [1.165, 1.54) is 30.3 Å². The minimum absolute atomic E-state index is 0.0624. The molecule has 2 aromatic rings. The molecule has 0 aliphatic carbocycles. The van der Waals surface area contributed by atoms with Crippen molar-refractivity contribution < 1.29 is 13.9 Å². The Morgan fingerprint density at radius 1 is 1.10 bits per heavy atom. The maximum Gasteiger partial charge on any atom is 0.185 e. The average molecular weight is 284 g/mol. The number of para-hydroxylation sites is 1. The van der Waals surface area contributed by atoms with Crippen molar-refractivity contribution in [3.05, 3.63) is 71.6 Å².